The van der Waals surface area contributed by atoms with Crippen molar-refractivity contribution in [3.05, 3.63) is 108 Å². The minimum atomic E-state index is -0.668. The number of benzene rings is 3. The molecule has 3 aromatic heterocycles. The van der Waals surface area contributed by atoms with Crippen molar-refractivity contribution in [2.45, 2.75) is 25.8 Å². The van der Waals surface area contributed by atoms with E-state index in [0.29, 0.717) is 50.8 Å². The number of anilines is 1. The topological polar surface area (TPSA) is 112 Å². The number of aldehydes is 1. The van der Waals surface area contributed by atoms with Gasteiger partial charge >= 0.3 is 0 Å². The van der Waals surface area contributed by atoms with Crippen molar-refractivity contribution in [3.8, 4) is 17.0 Å². The van der Waals surface area contributed by atoms with E-state index in [1.165, 1.54) is 18.5 Å². The van der Waals surface area contributed by atoms with E-state index < -0.39 is 17.8 Å². The number of ether oxygens (including phenoxy) is 1. The van der Waals surface area contributed by atoms with Crippen molar-refractivity contribution in [3.63, 3.8) is 0 Å². The lowest BCUT2D eigenvalue weighted by atomic mass is 9.83. The number of hydrogen-bond donors (Lipinski definition) is 2. The van der Waals surface area contributed by atoms with E-state index in [1.54, 1.807) is 16.8 Å². The fourth-order valence-electron chi connectivity index (χ4n) is 5.74. The predicted molar refractivity (Wildman–Crippen MR) is 156 cm³/mol. The summed E-state index contributed by atoms with van der Waals surface area (Å²) in [6, 6.07) is 19.1. The lowest BCUT2D eigenvalue weighted by molar-refractivity contribution is -0.108. The average molecular weight is 545 g/mol. The summed E-state index contributed by atoms with van der Waals surface area (Å²) in [5, 5.41) is 6.73. The van der Waals surface area contributed by atoms with Crippen molar-refractivity contribution >= 4 is 39.6 Å². The van der Waals surface area contributed by atoms with Crippen molar-refractivity contribution < 1.29 is 13.9 Å². The zero-order chi connectivity index (χ0) is 28.2. The van der Waals surface area contributed by atoms with E-state index in [4.69, 9.17) is 15.6 Å². The largest absolute Gasteiger partial charge is 0.459 e. The Balaban J connectivity index is 1.46. The first-order chi connectivity index (χ1) is 19.9. The molecule has 1 aliphatic heterocycles. The van der Waals surface area contributed by atoms with E-state index in [0.717, 1.165) is 28.3 Å². The third kappa shape index (κ3) is 3.88. The predicted octanol–water partition coefficient (Wildman–Crippen LogP) is 6.35. The third-order valence-corrected chi connectivity index (χ3v) is 7.75. The molecule has 8 nitrogen and oxygen atoms in total. The van der Waals surface area contributed by atoms with E-state index in [-0.39, 0.29) is 0 Å². The molecule has 4 heterocycles. The van der Waals surface area contributed by atoms with Crippen LogP contribution in [-0.2, 0) is 4.79 Å². The third-order valence-electron chi connectivity index (χ3n) is 7.75. The van der Waals surface area contributed by atoms with E-state index in [1.807, 2.05) is 55.6 Å². The highest BCUT2D eigenvalue weighted by molar-refractivity contribution is 6.00. The molecule has 2 unspecified atom stereocenters. The lowest BCUT2D eigenvalue weighted by Crippen LogP contribution is -2.23. The molecule has 0 spiro atoms. The molecular weight excluding hydrogens is 519 g/mol. The van der Waals surface area contributed by atoms with Gasteiger partial charge < -0.3 is 20.2 Å². The van der Waals surface area contributed by atoms with Crippen LogP contribution in [0.25, 0.3) is 38.8 Å². The lowest BCUT2D eigenvalue weighted by Gasteiger charge is -2.31. The van der Waals surface area contributed by atoms with Gasteiger partial charge in [0.25, 0.3) is 0 Å². The van der Waals surface area contributed by atoms with Crippen LogP contribution in [0.15, 0.2) is 85.0 Å². The number of allylic oxidation sites excluding steroid dienone is 2. The Bertz CT molecular complexity index is 2020. The smallest absolute Gasteiger partial charge is 0.164 e. The second-order valence-electron chi connectivity index (χ2n) is 10.2. The van der Waals surface area contributed by atoms with Gasteiger partial charge in [-0.05, 0) is 49.2 Å². The fourth-order valence-corrected chi connectivity index (χ4v) is 5.74. The summed E-state index contributed by atoms with van der Waals surface area (Å²) < 4.78 is 22.7. The van der Waals surface area contributed by atoms with Crippen LogP contribution in [0, 0.1) is 12.7 Å². The average Bonchev–Trinajstić information content (AvgIpc) is 3.57. The molecule has 0 saturated carbocycles. The normalized spacial score (nSPS) is 15.6. The Labute approximate surface area is 234 Å². The van der Waals surface area contributed by atoms with Crippen LogP contribution >= 0.6 is 0 Å². The number of rotatable bonds is 5. The Kier molecular flexibility index (Phi) is 5.67. The van der Waals surface area contributed by atoms with Gasteiger partial charge in [0.1, 0.15) is 47.5 Å². The Hall–Kier alpha value is -5.31. The summed E-state index contributed by atoms with van der Waals surface area (Å²) in [5.41, 5.74) is 12.3. The molecular formula is C32H25FN6O2. The van der Waals surface area contributed by atoms with Gasteiger partial charge in [-0.3, -0.25) is 0 Å². The zero-order valence-electron chi connectivity index (χ0n) is 22.3. The molecule has 202 valence electrons. The van der Waals surface area contributed by atoms with E-state index in [9.17, 15) is 9.18 Å². The van der Waals surface area contributed by atoms with Gasteiger partial charge in [0, 0.05) is 33.8 Å². The molecule has 41 heavy (non-hydrogen) atoms. The van der Waals surface area contributed by atoms with Crippen molar-refractivity contribution in [2.75, 3.05) is 5.73 Å². The number of fused-ring (bicyclic) bond motifs is 3. The number of carbonyl (C=O) groups is 1. The second kappa shape index (κ2) is 9.41. The SMILES string of the molecule is Cc1c[nH]c2cc(-c3nn(C(C)C4=C(c5cccc(F)c5)C(C=O)c5ccccc5O4)c4ncnc(N)c34)ccc12. The summed E-state index contributed by atoms with van der Waals surface area (Å²) >= 11 is 0. The van der Waals surface area contributed by atoms with Gasteiger partial charge in [-0.2, -0.15) is 5.10 Å². The highest BCUT2D eigenvalue weighted by Gasteiger charge is 2.35. The molecule has 0 radical (unpaired) electrons. The molecule has 1 aliphatic rings. The molecule has 0 amide bonds. The minimum Gasteiger partial charge on any atom is -0.459 e. The van der Waals surface area contributed by atoms with Crippen LogP contribution in [0.4, 0.5) is 10.2 Å². The quantitative estimate of drug-likeness (QED) is 0.245. The van der Waals surface area contributed by atoms with E-state index >= 15 is 0 Å². The van der Waals surface area contributed by atoms with Crippen LogP contribution in [0.3, 0.4) is 0 Å². The standard InChI is InChI=1S/C32H25FN6O2/c1-17-14-35-25-13-20(10-11-22(17)25)29-28-31(34)36-16-37-32(28)39(38-29)18(2)30-27(19-6-5-7-21(33)12-19)24(15-40)23-8-3-4-9-26(23)41-30/h3-16,18,24,35H,1-2H3,(H2,34,36,37). The summed E-state index contributed by atoms with van der Waals surface area (Å²) in [7, 11) is 0. The highest BCUT2D eigenvalue weighted by atomic mass is 19.1. The first-order valence-electron chi connectivity index (χ1n) is 13.2. The Morgan fingerprint density at radius 3 is 2.76 bits per heavy atom. The number of nitrogens with one attached hydrogen (secondary N) is 1. The van der Waals surface area contributed by atoms with Crippen LogP contribution < -0.4 is 10.5 Å². The van der Waals surface area contributed by atoms with Crippen molar-refractivity contribution in [1.82, 2.24) is 24.7 Å². The molecule has 0 fully saturated rings. The molecule has 9 heteroatoms. The summed E-state index contributed by atoms with van der Waals surface area (Å²) in [5.74, 6) is 0.248. The molecule has 0 bridgehead atoms. The number of halogens is 1. The van der Waals surface area contributed by atoms with Gasteiger partial charge in [-0.1, -0.05) is 42.5 Å². The number of aryl methyl sites for hydroxylation is 1. The van der Waals surface area contributed by atoms with Gasteiger partial charge in [-0.15, -0.1) is 0 Å². The van der Waals surface area contributed by atoms with Gasteiger partial charge in [0.05, 0.1) is 11.3 Å². The summed E-state index contributed by atoms with van der Waals surface area (Å²) in [6.07, 6.45) is 4.23. The Morgan fingerprint density at radius 2 is 1.93 bits per heavy atom. The molecule has 7 rings (SSSR count). The Morgan fingerprint density at radius 1 is 1.07 bits per heavy atom. The molecule has 0 saturated heterocycles. The highest BCUT2D eigenvalue weighted by Crippen LogP contribution is 2.46. The first-order valence-corrected chi connectivity index (χ1v) is 13.2. The maximum absolute atomic E-state index is 14.5. The first kappa shape index (κ1) is 24.7. The summed E-state index contributed by atoms with van der Waals surface area (Å²) in [4.78, 5) is 24.7. The van der Waals surface area contributed by atoms with Crippen molar-refractivity contribution in [1.29, 1.82) is 0 Å². The van der Waals surface area contributed by atoms with Crippen LogP contribution in [0.5, 0.6) is 5.75 Å². The molecule has 3 aromatic carbocycles. The number of para-hydroxylation sites is 1. The van der Waals surface area contributed by atoms with Gasteiger partial charge in [0.2, 0.25) is 0 Å². The van der Waals surface area contributed by atoms with Gasteiger partial charge in [-0.25, -0.2) is 19.0 Å². The maximum Gasteiger partial charge on any atom is 0.164 e. The van der Waals surface area contributed by atoms with Crippen LogP contribution in [-0.4, -0.2) is 31.0 Å². The van der Waals surface area contributed by atoms with Crippen LogP contribution in [0.1, 0.15) is 35.6 Å². The second-order valence-corrected chi connectivity index (χ2v) is 10.2. The fraction of sp³-hybridized carbons (Fsp3) is 0.125. The number of hydrogen-bond acceptors (Lipinski definition) is 6. The number of nitrogens with two attached hydrogens (primary N) is 1. The zero-order valence-corrected chi connectivity index (χ0v) is 22.3. The number of nitrogens with zero attached hydrogens (tertiary/aromatic N) is 4. The number of nitrogen functional groups attached to an aromatic ring is 1. The molecule has 2 atom stereocenters. The minimum absolute atomic E-state index is 0.297. The number of aromatic nitrogens is 5. The monoisotopic (exact) mass is 544 g/mol. The summed E-state index contributed by atoms with van der Waals surface area (Å²) in [6.45, 7) is 3.96. The molecule has 0 aliphatic carbocycles. The number of H-pyrrole nitrogens is 1. The molecule has 3 N–H and O–H groups in total. The van der Waals surface area contributed by atoms with E-state index in [2.05, 4.69) is 21.9 Å². The number of aromatic amines is 1. The maximum atomic E-state index is 14.5. The molecule has 6 aromatic rings. The van der Waals surface area contributed by atoms with Crippen molar-refractivity contribution in [2.24, 2.45) is 0 Å². The van der Waals surface area contributed by atoms with Gasteiger partial charge in [0.15, 0.2) is 5.65 Å². The van der Waals surface area contributed by atoms with Crippen LogP contribution in [0.2, 0.25) is 0 Å². The number of carbonyl (C=O) groups excluding carboxylic acids is 1.